The lowest BCUT2D eigenvalue weighted by atomic mass is 10.2. The monoisotopic (exact) mass is 215 g/mol. The number of hydrogen-bond donors (Lipinski definition) is 0. The lowest BCUT2D eigenvalue weighted by Gasteiger charge is -2.13. The largest absolute Gasteiger partial charge is 0.497 e. The van der Waals surface area contributed by atoms with Crippen LogP contribution in [0.2, 0.25) is 0 Å². The molecule has 0 aliphatic carbocycles. The fourth-order valence-corrected chi connectivity index (χ4v) is 2.01. The molecule has 0 fully saturated rings. The van der Waals surface area contributed by atoms with Crippen molar-refractivity contribution in [2.45, 2.75) is 20.8 Å². The van der Waals surface area contributed by atoms with Crippen LogP contribution in [0.4, 0.5) is 0 Å². The number of aryl methyl sites for hydroxylation is 3. The molecule has 84 valence electrons. The van der Waals surface area contributed by atoms with Gasteiger partial charge >= 0.3 is 0 Å². The summed E-state index contributed by atoms with van der Waals surface area (Å²) in [6.07, 6.45) is 0. The normalized spacial score (nSPS) is 10.5. The van der Waals surface area contributed by atoms with E-state index in [1.165, 1.54) is 22.6 Å². The van der Waals surface area contributed by atoms with Gasteiger partial charge in [0.25, 0.3) is 0 Å². The van der Waals surface area contributed by atoms with Crippen LogP contribution < -0.4 is 4.74 Å². The maximum absolute atomic E-state index is 5.27. The Morgan fingerprint density at radius 1 is 0.938 bits per heavy atom. The SMILES string of the molecule is COc1ccc(C)c(-n2c(C)ccc2C)c1. The van der Waals surface area contributed by atoms with Crippen LogP contribution in [0, 0.1) is 20.8 Å². The van der Waals surface area contributed by atoms with Crippen molar-refractivity contribution in [3.05, 3.63) is 47.3 Å². The fraction of sp³-hybridized carbons (Fsp3) is 0.286. The summed E-state index contributed by atoms with van der Waals surface area (Å²) in [5.74, 6) is 0.896. The molecule has 0 saturated heterocycles. The average Bonchev–Trinajstić information content (AvgIpc) is 2.60. The maximum Gasteiger partial charge on any atom is 0.120 e. The van der Waals surface area contributed by atoms with E-state index in [-0.39, 0.29) is 0 Å². The molecule has 0 unspecified atom stereocenters. The molecule has 1 aromatic carbocycles. The van der Waals surface area contributed by atoms with Gasteiger partial charge in [0.2, 0.25) is 0 Å². The van der Waals surface area contributed by atoms with E-state index < -0.39 is 0 Å². The first kappa shape index (κ1) is 10.8. The predicted molar refractivity (Wildman–Crippen MR) is 66.5 cm³/mol. The van der Waals surface area contributed by atoms with Crippen molar-refractivity contribution in [1.29, 1.82) is 0 Å². The number of nitrogens with zero attached hydrogens (tertiary/aromatic N) is 1. The topological polar surface area (TPSA) is 14.2 Å². The van der Waals surface area contributed by atoms with E-state index in [1.807, 2.05) is 6.07 Å². The van der Waals surface area contributed by atoms with Gasteiger partial charge in [0.05, 0.1) is 12.8 Å². The molecule has 0 radical (unpaired) electrons. The zero-order valence-electron chi connectivity index (χ0n) is 10.2. The zero-order chi connectivity index (χ0) is 11.7. The van der Waals surface area contributed by atoms with E-state index in [4.69, 9.17) is 4.74 Å². The third-order valence-corrected chi connectivity index (χ3v) is 2.93. The Morgan fingerprint density at radius 2 is 1.56 bits per heavy atom. The number of ether oxygens (including phenoxy) is 1. The smallest absolute Gasteiger partial charge is 0.120 e. The summed E-state index contributed by atoms with van der Waals surface area (Å²) >= 11 is 0. The van der Waals surface area contributed by atoms with Crippen LogP contribution in [-0.4, -0.2) is 11.7 Å². The van der Waals surface area contributed by atoms with Gasteiger partial charge in [0.15, 0.2) is 0 Å². The van der Waals surface area contributed by atoms with E-state index >= 15 is 0 Å². The molecular formula is C14H17NO. The fourth-order valence-electron chi connectivity index (χ4n) is 2.01. The second kappa shape index (κ2) is 4.05. The van der Waals surface area contributed by atoms with E-state index in [1.54, 1.807) is 7.11 Å². The molecular weight excluding hydrogens is 198 g/mol. The van der Waals surface area contributed by atoms with Crippen molar-refractivity contribution in [1.82, 2.24) is 4.57 Å². The van der Waals surface area contributed by atoms with Gasteiger partial charge in [-0.2, -0.15) is 0 Å². The van der Waals surface area contributed by atoms with E-state index in [2.05, 4.69) is 49.6 Å². The second-order valence-corrected chi connectivity index (χ2v) is 4.10. The summed E-state index contributed by atoms with van der Waals surface area (Å²) in [4.78, 5) is 0. The van der Waals surface area contributed by atoms with Crippen molar-refractivity contribution in [3.63, 3.8) is 0 Å². The maximum atomic E-state index is 5.27. The summed E-state index contributed by atoms with van der Waals surface area (Å²) in [5.41, 5.74) is 4.94. The summed E-state index contributed by atoms with van der Waals surface area (Å²) < 4.78 is 7.52. The van der Waals surface area contributed by atoms with Crippen molar-refractivity contribution in [2.75, 3.05) is 7.11 Å². The highest BCUT2D eigenvalue weighted by atomic mass is 16.5. The van der Waals surface area contributed by atoms with Gasteiger partial charge < -0.3 is 9.30 Å². The van der Waals surface area contributed by atoms with Gasteiger partial charge in [0, 0.05) is 17.5 Å². The van der Waals surface area contributed by atoms with Crippen LogP contribution in [0.5, 0.6) is 5.75 Å². The Hall–Kier alpha value is -1.70. The van der Waals surface area contributed by atoms with E-state index in [0.717, 1.165) is 5.75 Å². The quantitative estimate of drug-likeness (QED) is 0.748. The van der Waals surface area contributed by atoms with Crippen molar-refractivity contribution in [2.24, 2.45) is 0 Å². The minimum Gasteiger partial charge on any atom is -0.497 e. The number of aromatic nitrogens is 1. The molecule has 1 heterocycles. The Morgan fingerprint density at radius 3 is 2.12 bits per heavy atom. The lowest BCUT2D eigenvalue weighted by molar-refractivity contribution is 0.414. The van der Waals surface area contributed by atoms with Crippen molar-refractivity contribution >= 4 is 0 Å². The van der Waals surface area contributed by atoms with Gasteiger partial charge in [-0.1, -0.05) is 6.07 Å². The second-order valence-electron chi connectivity index (χ2n) is 4.10. The molecule has 0 aliphatic rings. The van der Waals surface area contributed by atoms with Gasteiger partial charge in [0.1, 0.15) is 5.75 Å². The van der Waals surface area contributed by atoms with Crippen LogP contribution in [0.3, 0.4) is 0 Å². The lowest BCUT2D eigenvalue weighted by Crippen LogP contribution is -2.01. The third-order valence-electron chi connectivity index (χ3n) is 2.93. The van der Waals surface area contributed by atoms with Gasteiger partial charge in [-0.05, 0) is 44.5 Å². The minimum atomic E-state index is 0.896. The highest BCUT2D eigenvalue weighted by Gasteiger charge is 2.07. The van der Waals surface area contributed by atoms with Crippen LogP contribution in [0.15, 0.2) is 30.3 Å². The minimum absolute atomic E-state index is 0.896. The van der Waals surface area contributed by atoms with Crippen LogP contribution in [-0.2, 0) is 0 Å². The zero-order valence-corrected chi connectivity index (χ0v) is 10.2. The molecule has 2 rings (SSSR count). The summed E-state index contributed by atoms with van der Waals surface area (Å²) in [6, 6.07) is 10.4. The van der Waals surface area contributed by atoms with Gasteiger partial charge in [-0.3, -0.25) is 0 Å². The average molecular weight is 215 g/mol. The van der Waals surface area contributed by atoms with Crippen LogP contribution in [0.1, 0.15) is 17.0 Å². The first-order valence-corrected chi connectivity index (χ1v) is 5.43. The summed E-state index contributed by atoms with van der Waals surface area (Å²) in [6.45, 7) is 6.35. The van der Waals surface area contributed by atoms with Crippen molar-refractivity contribution in [3.8, 4) is 11.4 Å². The van der Waals surface area contributed by atoms with Gasteiger partial charge in [-0.15, -0.1) is 0 Å². The van der Waals surface area contributed by atoms with Gasteiger partial charge in [-0.25, -0.2) is 0 Å². The standard InChI is InChI=1S/C14H17NO/c1-10-5-8-13(16-4)9-14(10)15-11(2)6-7-12(15)3/h5-9H,1-4H3. The molecule has 0 amide bonds. The molecule has 1 aromatic heterocycles. The highest BCUT2D eigenvalue weighted by Crippen LogP contribution is 2.24. The summed E-state index contributed by atoms with van der Waals surface area (Å²) in [5, 5.41) is 0. The number of benzene rings is 1. The first-order chi connectivity index (χ1) is 7.63. The molecule has 0 bridgehead atoms. The number of methoxy groups -OCH3 is 1. The Balaban J connectivity index is 2.63. The molecule has 0 spiro atoms. The van der Waals surface area contributed by atoms with E-state index in [9.17, 15) is 0 Å². The molecule has 0 saturated carbocycles. The highest BCUT2D eigenvalue weighted by molar-refractivity contribution is 5.48. The molecule has 16 heavy (non-hydrogen) atoms. The first-order valence-electron chi connectivity index (χ1n) is 5.43. The molecule has 0 atom stereocenters. The molecule has 2 aromatic rings. The van der Waals surface area contributed by atoms with Crippen LogP contribution >= 0.6 is 0 Å². The third kappa shape index (κ3) is 1.71. The Bertz CT molecular complexity index is 492. The number of rotatable bonds is 2. The summed E-state index contributed by atoms with van der Waals surface area (Å²) in [7, 11) is 1.70. The molecule has 2 heteroatoms. The Kier molecular flexibility index (Phi) is 2.73. The van der Waals surface area contributed by atoms with Crippen molar-refractivity contribution < 1.29 is 4.74 Å². The number of hydrogen-bond acceptors (Lipinski definition) is 1. The molecule has 2 nitrogen and oxygen atoms in total. The van der Waals surface area contributed by atoms with Crippen LogP contribution in [0.25, 0.3) is 5.69 Å². The Labute approximate surface area is 96.5 Å². The molecule has 0 N–H and O–H groups in total. The van der Waals surface area contributed by atoms with E-state index in [0.29, 0.717) is 0 Å². The predicted octanol–water partition coefficient (Wildman–Crippen LogP) is 3.41. The molecule has 0 aliphatic heterocycles.